The maximum absolute atomic E-state index is 9.78. The Bertz CT molecular complexity index is 1400. The summed E-state index contributed by atoms with van der Waals surface area (Å²) in [4.78, 5) is 2.27. The van der Waals surface area contributed by atoms with Gasteiger partial charge in [0.05, 0.1) is 23.0 Å². The van der Waals surface area contributed by atoms with Gasteiger partial charge in [0, 0.05) is 24.9 Å². The van der Waals surface area contributed by atoms with Gasteiger partial charge >= 0.3 is 0 Å². The summed E-state index contributed by atoms with van der Waals surface area (Å²) in [5, 5.41) is 28.0. The first-order valence-corrected chi connectivity index (χ1v) is 13.4. The Balaban J connectivity index is 1.78. The van der Waals surface area contributed by atoms with Gasteiger partial charge < -0.3 is 9.64 Å². The Labute approximate surface area is 233 Å². The van der Waals surface area contributed by atoms with Crippen molar-refractivity contribution >= 4 is 23.1 Å². The van der Waals surface area contributed by atoms with Crippen molar-refractivity contribution in [1.82, 2.24) is 0 Å². The number of rotatable bonds is 8. The molecule has 1 aliphatic rings. The molecule has 1 heterocycles. The Morgan fingerprint density at radius 1 is 1.03 bits per heavy atom. The molecule has 2 aromatic carbocycles. The number of hydrogen-bond donors (Lipinski definition) is 0. The van der Waals surface area contributed by atoms with Crippen molar-refractivity contribution < 1.29 is 4.74 Å². The van der Waals surface area contributed by atoms with E-state index in [1.807, 2.05) is 56.3 Å². The van der Waals surface area contributed by atoms with E-state index in [0.717, 1.165) is 47.5 Å². The van der Waals surface area contributed by atoms with Crippen LogP contribution < -0.4 is 4.90 Å². The lowest BCUT2D eigenvalue weighted by atomic mass is 9.92. The van der Waals surface area contributed by atoms with Gasteiger partial charge in [-0.05, 0) is 86.6 Å². The van der Waals surface area contributed by atoms with Crippen LogP contribution in [0.25, 0.3) is 6.08 Å². The minimum absolute atomic E-state index is 0.307. The highest BCUT2D eigenvalue weighted by atomic mass is 16.5. The lowest BCUT2D eigenvalue weighted by molar-refractivity contribution is 0.0949. The van der Waals surface area contributed by atoms with Crippen LogP contribution in [0, 0.1) is 28.1 Å². The minimum atomic E-state index is -0.702. The zero-order valence-electron chi connectivity index (χ0n) is 24.5. The Morgan fingerprint density at radius 2 is 1.67 bits per heavy atom. The maximum Gasteiger partial charge on any atom is 0.152 e. The summed E-state index contributed by atoms with van der Waals surface area (Å²) in [5.41, 5.74) is 6.08. The summed E-state index contributed by atoms with van der Waals surface area (Å²) in [6.07, 6.45) is 5.86. The quantitative estimate of drug-likeness (QED) is 0.256. The third kappa shape index (κ3) is 7.45. The first-order chi connectivity index (χ1) is 18.4. The van der Waals surface area contributed by atoms with E-state index in [1.54, 1.807) is 6.92 Å². The van der Waals surface area contributed by atoms with E-state index in [-0.39, 0.29) is 0 Å². The lowest BCUT2D eigenvalue weighted by Crippen LogP contribution is -2.22. The van der Waals surface area contributed by atoms with Gasteiger partial charge in [-0.15, -0.1) is 0 Å². The number of aryl methyl sites for hydroxylation is 1. The molecule has 39 heavy (non-hydrogen) atoms. The number of azo groups is 1. The molecule has 0 saturated carbocycles. The van der Waals surface area contributed by atoms with Crippen molar-refractivity contribution in [2.45, 2.75) is 66.9 Å². The van der Waals surface area contributed by atoms with Gasteiger partial charge in [-0.1, -0.05) is 45.9 Å². The number of benzene rings is 2. The summed E-state index contributed by atoms with van der Waals surface area (Å²) >= 11 is 0. The molecule has 6 heteroatoms. The largest absolute Gasteiger partial charge is 0.481 e. The van der Waals surface area contributed by atoms with E-state index < -0.39 is 5.60 Å². The number of nitriles is 2. The summed E-state index contributed by atoms with van der Waals surface area (Å²) in [7, 11) is 2.12. The predicted molar refractivity (Wildman–Crippen MR) is 159 cm³/mol. The second kappa shape index (κ2) is 12.1. The standard InChI is InChI=1S/C33H39N5O/c1-9-24-20-27(37-36-26-13-15-28(16-14-26)38(8)19-18-32(3,4)5)12-10-25(24)11-17-30-29(22-35)31(23(2)21-34)39-33(30,6)7/h10-17,20H,9,18-19H2,1-8H3/b17-11+,31-23+,37-36?. The molecule has 202 valence electrons. The number of anilines is 1. The summed E-state index contributed by atoms with van der Waals surface area (Å²) in [6, 6.07) is 18.5. The van der Waals surface area contributed by atoms with Gasteiger partial charge in [-0.3, -0.25) is 0 Å². The smallest absolute Gasteiger partial charge is 0.152 e. The molecule has 0 atom stereocenters. The van der Waals surface area contributed by atoms with E-state index in [2.05, 4.69) is 74.1 Å². The molecule has 2 aromatic rings. The monoisotopic (exact) mass is 521 g/mol. The van der Waals surface area contributed by atoms with Gasteiger partial charge in [0.25, 0.3) is 0 Å². The highest BCUT2D eigenvalue weighted by molar-refractivity contribution is 5.65. The molecule has 0 bridgehead atoms. The summed E-state index contributed by atoms with van der Waals surface area (Å²) in [5.74, 6) is 0.362. The topological polar surface area (TPSA) is 84.8 Å². The zero-order chi connectivity index (χ0) is 28.8. The van der Waals surface area contributed by atoms with Crippen LogP contribution in [-0.2, 0) is 11.2 Å². The van der Waals surface area contributed by atoms with Crippen LogP contribution in [0.1, 0.15) is 66.0 Å². The fourth-order valence-corrected chi connectivity index (χ4v) is 4.31. The molecular weight excluding hydrogens is 482 g/mol. The average molecular weight is 522 g/mol. The van der Waals surface area contributed by atoms with Gasteiger partial charge in [0.15, 0.2) is 5.76 Å². The van der Waals surface area contributed by atoms with Crippen molar-refractivity contribution in [2.24, 2.45) is 15.6 Å². The molecular formula is C33H39N5O. The number of allylic oxidation sites excluding steroid dienone is 2. The lowest BCUT2D eigenvalue weighted by Gasteiger charge is -2.25. The average Bonchev–Trinajstić information content (AvgIpc) is 3.18. The summed E-state index contributed by atoms with van der Waals surface area (Å²) < 4.78 is 5.98. The normalized spacial score (nSPS) is 16.4. The van der Waals surface area contributed by atoms with Crippen LogP contribution in [0.3, 0.4) is 0 Å². The van der Waals surface area contributed by atoms with Crippen molar-refractivity contribution in [3.63, 3.8) is 0 Å². The van der Waals surface area contributed by atoms with Crippen molar-refractivity contribution in [3.05, 3.63) is 82.1 Å². The van der Waals surface area contributed by atoms with E-state index >= 15 is 0 Å². The van der Waals surface area contributed by atoms with Crippen LogP contribution in [0.2, 0.25) is 0 Å². The minimum Gasteiger partial charge on any atom is -0.481 e. The third-order valence-electron chi connectivity index (χ3n) is 6.83. The maximum atomic E-state index is 9.78. The van der Waals surface area contributed by atoms with E-state index in [4.69, 9.17) is 4.74 Å². The molecule has 0 amide bonds. The molecule has 1 aliphatic heterocycles. The van der Waals surface area contributed by atoms with Crippen LogP contribution in [0.15, 0.2) is 81.2 Å². The van der Waals surface area contributed by atoms with E-state index in [0.29, 0.717) is 22.3 Å². The molecule has 0 aliphatic carbocycles. The number of hydrogen-bond acceptors (Lipinski definition) is 6. The Kier molecular flexibility index (Phi) is 9.15. The van der Waals surface area contributed by atoms with Gasteiger partial charge in [0.1, 0.15) is 17.2 Å². The Morgan fingerprint density at radius 3 is 2.26 bits per heavy atom. The van der Waals surface area contributed by atoms with E-state index in [1.165, 1.54) is 5.69 Å². The van der Waals surface area contributed by atoms with E-state index in [9.17, 15) is 10.5 Å². The fraction of sp³-hybridized carbons (Fsp3) is 0.394. The van der Waals surface area contributed by atoms with Gasteiger partial charge in [-0.25, -0.2) is 0 Å². The second-order valence-corrected chi connectivity index (χ2v) is 11.6. The first-order valence-electron chi connectivity index (χ1n) is 13.4. The molecule has 0 unspecified atom stereocenters. The fourth-order valence-electron chi connectivity index (χ4n) is 4.31. The zero-order valence-corrected chi connectivity index (χ0v) is 24.5. The molecule has 0 N–H and O–H groups in total. The molecule has 0 fully saturated rings. The van der Waals surface area contributed by atoms with Crippen molar-refractivity contribution in [3.8, 4) is 12.1 Å². The predicted octanol–water partition coefficient (Wildman–Crippen LogP) is 8.98. The van der Waals surface area contributed by atoms with Gasteiger partial charge in [0.2, 0.25) is 0 Å². The molecule has 0 aromatic heterocycles. The molecule has 0 spiro atoms. The first kappa shape index (κ1) is 29.4. The molecule has 6 nitrogen and oxygen atoms in total. The van der Waals surface area contributed by atoms with Crippen LogP contribution in [0.4, 0.5) is 17.1 Å². The number of ether oxygens (including phenoxy) is 1. The molecule has 3 rings (SSSR count). The van der Waals surface area contributed by atoms with Crippen molar-refractivity contribution in [2.75, 3.05) is 18.5 Å². The third-order valence-corrected chi connectivity index (χ3v) is 6.83. The highest BCUT2D eigenvalue weighted by Gasteiger charge is 2.37. The molecule has 0 saturated heterocycles. The Hall–Kier alpha value is -4.16. The van der Waals surface area contributed by atoms with Crippen LogP contribution in [-0.4, -0.2) is 19.2 Å². The number of nitrogens with zero attached hydrogens (tertiary/aromatic N) is 5. The van der Waals surface area contributed by atoms with Crippen LogP contribution in [0.5, 0.6) is 0 Å². The molecule has 0 radical (unpaired) electrons. The summed E-state index contributed by atoms with van der Waals surface area (Å²) in [6.45, 7) is 15.4. The second-order valence-electron chi connectivity index (χ2n) is 11.6. The highest BCUT2D eigenvalue weighted by Crippen LogP contribution is 2.40. The van der Waals surface area contributed by atoms with Gasteiger partial charge in [-0.2, -0.15) is 20.8 Å². The van der Waals surface area contributed by atoms with Crippen molar-refractivity contribution in [1.29, 1.82) is 10.5 Å². The SMILES string of the molecule is CCc1cc(N=Nc2ccc(N(C)CCC(C)(C)C)cc2)ccc1/C=C/C1=C(C#N)C(=C(/C)C#N)/OC1(C)C. The van der Waals surface area contributed by atoms with Crippen LogP contribution >= 0.6 is 0 Å².